The van der Waals surface area contributed by atoms with Gasteiger partial charge in [-0.25, -0.2) is 4.68 Å². The van der Waals surface area contributed by atoms with Gasteiger partial charge in [0.2, 0.25) is 5.91 Å². The summed E-state index contributed by atoms with van der Waals surface area (Å²) in [6, 6.07) is 2.56. The number of nitrogens with one attached hydrogen (secondary N) is 1. The van der Waals surface area contributed by atoms with Gasteiger partial charge in [0.1, 0.15) is 11.6 Å². The number of carbonyl (C=O) groups excluding carboxylic acids is 1. The van der Waals surface area contributed by atoms with Gasteiger partial charge >= 0.3 is 0 Å². The lowest BCUT2D eigenvalue weighted by molar-refractivity contribution is -0.115. The van der Waals surface area contributed by atoms with Crippen LogP contribution in [0.15, 0.2) is 17.4 Å². The van der Waals surface area contributed by atoms with Gasteiger partial charge in [-0.1, -0.05) is 11.8 Å². The predicted octanol–water partition coefficient (Wildman–Crippen LogP) is 3.39. The fraction of sp³-hybridized carbons (Fsp3) is 0.647. The molecule has 2 saturated carbocycles. The normalized spacial score (nSPS) is 18.6. The fourth-order valence-corrected chi connectivity index (χ4v) is 3.86. The third kappa shape index (κ3) is 3.44. The van der Waals surface area contributed by atoms with E-state index in [4.69, 9.17) is 0 Å². The summed E-state index contributed by atoms with van der Waals surface area (Å²) in [7, 11) is 0. The number of hydrogen-bond donors (Lipinski definition) is 1. The van der Waals surface area contributed by atoms with E-state index in [0.717, 1.165) is 16.8 Å². The highest BCUT2D eigenvalue weighted by Crippen LogP contribution is 2.46. The van der Waals surface area contributed by atoms with Gasteiger partial charge in [0.05, 0.1) is 11.4 Å². The van der Waals surface area contributed by atoms with Gasteiger partial charge in [-0.2, -0.15) is 5.10 Å². The highest BCUT2D eigenvalue weighted by atomic mass is 32.2. The Balaban J connectivity index is 1.46. The van der Waals surface area contributed by atoms with Gasteiger partial charge in [0.25, 0.3) is 0 Å². The molecule has 0 spiro atoms. The summed E-state index contributed by atoms with van der Waals surface area (Å²) in [6.45, 7) is 6.00. The van der Waals surface area contributed by atoms with E-state index in [9.17, 15) is 4.79 Å². The molecule has 0 radical (unpaired) electrons. The zero-order valence-corrected chi connectivity index (χ0v) is 15.7. The third-order valence-electron chi connectivity index (χ3n) is 4.61. The molecule has 1 amide bonds. The maximum atomic E-state index is 12.6. The van der Waals surface area contributed by atoms with Crippen molar-refractivity contribution >= 4 is 23.5 Å². The van der Waals surface area contributed by atoms with Crippen molar-refractivity contribution in [3.8, 4) is 0 Å². The first-order valence-corrected chi connectivity index (χ1v) is 9.88. The molecule has 0 saturated heterocycles. The van der Waals surface area contributed by atoms with Crippen molar-refractivity contribution in [1.82, 2.24) is 24.5 Å². The summed E-state index contributed by atoms with van der Waals surface area (Å²) in [5.74, 6) is 2.39. The van der Waals surface area contributed by atoms with E-state index in [2.05, 4.69) is 25.2 Å². The van der Waals surface area contributed by atoms with Crippen LogP contribution in [0.1, 0.15) is 70.3 Å². The molecule has 0 aliphatic heterocycles. The van der Waals surface area contributed by atoms with Gasteiger partial charge in [-0.3, -0.25) is 4.79 Å². The molecule has 1 N–H and O–H groups in total. The van der Waals surface area contributed by atoms with Crippen molar-refractivity contribution in [1.29, 1.82) is 0 Å². The van der Waals surface area contributed by atoms with E-state index in [1.165, 1.54) is 37.4 Å². The third-order valence-corrected chi connectivity index (χ3v) is 5.66. The van der Waals surface area contributed by atoms with Crippen molar-refractivity contribution in [2.24, 2.45) is 0 Å². The zero-order valence-electron chi connectivity index (χ0n) is 14.8. The van der Waals surface area contributed by atoms with Crippen molar-refractivity contribution in [3.05, 3.63) is 18.1 Å². The molecule has 2 heterocycles. The Hall–Kier alpha value is -1.83. The first-order chi connectivity index (χ1) is 12.0. The summed E-state index contributed by atoms with van der Waals surface area (Å²) in [5, 5.41) is 16.7. The largest absolute Gasteiger partial charge is 0.310 e. The Morgan fingerprint density at radius 1 is 1.24 bits per heavy atom. The monoisotopic (exact) mass is 360 g/mol. The quantitative estimate of drug-likeness (QED) is 0.766. The Bertz CT molecular complexity index is 774. The van der Waals surface area contributed by atoms with Crippen LogP contribution in [-0.4, -0.2) is 35.7 Å². The first kappa shape index (κ1) is 16.6. The van der Waals surface area contributed by atoms with Gasteiger partial charge in [0.15, 0.2) is 5.16 Å². The molecule has 7 nitrogen and oxygen atoms in total. The van der Waals surface area contributed by atoms with E-state index in [0.29, 0.717) is 12.0 Å². The van der Waals surface area contributed by atoms with Crippen molar-refractivity contribution < 1.29 is 4.79 Å². The number of thioether (sulfide) groups is 1. The average molecular weight is 360 g/mol. The van der Waals surface area contributed by atoms with Crippen LogP contribution < -0.4 is 5.32 Å². The minimum atomic E-state index is -0.246. The topological polar surface area (TPSA) is 77.6 Å². The van der Waals surface area contributed by atoms with Crippen LogP contribution in [0.5, 0.6) is 0 Å². The minimum absolute atomic E-state index is 0.0364. The number of hydrogen-bond acceptors (Lipinski definition) is 5. The van der Waals surface area contributed by atoms with Gasteiger partial charge in [-0.05, 0) is 46.5 Å². The Morgan fingerprint density at radius 3 is 2.64 bits per heavy atom. The molecule has 2 fully saturated rings. The second kappa shape index (κ2) is 6.48. The van der Waals surface area contributed by atoms with Gasteiger partial charge in [0, 0.05) is 24.1 Å². The lowest BCUT2D eigenvalue weighted by atomic mass is 10.4. The molecule has 4 rings (SSSR count). The van der Waals surface area contributed by atoms with E-state index in [-0.39, 0.29) is 17.2 Å². The number of amides is 1. The van der Waals surface area contributed by atoms with Crippen molar-refractivity contribution in [2.75, 3.05) is 5.32 Å². The second-order valence-corrected chi connectivity index (χ2v) is 8.53. The van der Waals surface area contributed by atoms with Crippen LogP contribution in [0.3, 0.4) is 0 Å². The number of carbonyl (C=O) groups is 1. The zero-order chi connectivity index (χ0) is 17.6. The molecule has 25 heavy (non-hydrogen) atoms. The SMILES string of the molecule is CC(C)n1nccc1NC(=O)[C@@H](C)Sc1nnc(C2CC2)n1C1CC1. The van der Waals surface area contributed by atoms with E-state index in [1.807, 2.05) is 31.5 Å². The average Bonchev–Trinajstić information content (AvgIpc) is 3.50. The standard InChI is InChI=1S/C17H24N6OS/c1-10(2)23-14(8-9-18-23)19-16(24)11(3)25-17-21-20-15(12-4-5-12)22(17)13-6-7-13/h8-13H,4-7H2,1-3H3,(H,19,24)/t11-/m1/s1. The van der Waals surface area contributed by atoms with Crippen LogP contribution in [0.25, 0.3) is 0 Å². The second-order valence-electron chi connectivity index (χ2n) is 7.22. The molecule has 2 aliphatic rings. The molecular formula is C17H24N6OS. The van der Waals surface area contributed by atoms with Crippen LogP contribution in [0.2, 0.25) is 0 Å². The van der Waals surface area contributed by atoms with E-state index < -0.39 is 0 Å². The molecule has 8 heteroatoms. The Morgan fingerprint density at radius 2 is 2.00 bits per heavy atom. The van der Waals surface area contributed by atoms with Gasteiger partial charge < -0.3 is 9.88 Å². The molecule has 2 aromatic rings. The minimum Gasteiger partial charge on any atom is -0.310 e. The smallest absolute Gasteiger partial charge is 0.238 e. The Labute approximate surface area is 151 Å². The van der Waals surface area contributed by atoms with Crippen molar-refractivity contribution in [3.63, 3.8) is 0 Å². The molecule has 2 aliphatic carbocycles. The molecule has 1 atom stereocenters. The van der Waals surface area contributed by atoms with Crippen LogP contribution in [-0.2, 0) is 4.79 Å². The lowest BCUT2D eigenvalue weighted by Gasteiger charge is -2.15. The number of anilines is 1. The maximum absolute atomic E-state index is 12.6. The first-order valence-electron chi connectivity index (χ1n) is 9.00. The summed E-state index contributed by atoms with van der Waals surface area (Å²) < 4.78 is 4.09. The summed E-state index contributed by atoms with van der Waals surface area (Å²) in [6.07, 6.45) is 6.52. The molecule has 2 aromatic heterocycles. The van der Waals surface area contributed by atoms with Gasteiger partial charge in [-0.15, -0.1) is 10.2 Å². The number of nitrogens with zero attached hydrogens (tertiary/aromatic N) is 5. The highest BCUT2D eigenvalue weighted by molar-refractivity contribution is 8.00. The summed E-state index contributed by atoms with van der Waals surface area (Å²) >= 11 is 1.50. The highest BCUT2D eigenvalue weighted by Gasteiger charge is 2.37. The number of rotatable bonds is 7. The maximum Gasteiger partial charge on any atom is 0.238 e. The molecule has 0 bridgehead atoms. The molecular weight excluding hydrogens is 336 g/mol. The van der Waals surface area contributed by atoms with E-state index >= 15 is 0 Å². The van der Waals surface area contributed by atoms with Crippen LogP contribution in [0.4, 0.5) is 5.82 Å². The fourth-order valence-electron chi connectivity index (χ4n) is 2.93. The molecule has 134 valence electrons. The summed E-state index contributed by atoms with van der Waals surface area (Å²) in [5.41, 5.74) is 0. The van der Waals surface area contributed by atoms with E-state index in [1.54, 1.807) is 6.20 Å². The van der Waals surface area contributed by atoms with Crippen LogP contribution in [0, 0.1) is 0 Å². The lowest BCUT2D eigenvalue weighted by Crippen LogP contribution is -2.25. The predicted molar refractivity (Wildman–Crippen MR) is 96.8 cm³/mol. The number of aromatic nitrogens is 5. The van der Waals surface area contributed by atoms with Crippen LogP contribution >= 0.6 is 11.8 Å². The van der Waals surface area contributed by atoms with Crippen molar-refractivity contribution in [2.45, 2.75) is 74.9 Å². The molecule has 0 unspecified atom stereocenters. The Kier molecular flexibility index (Phi) is 4.31. The summed E-state index contributed by atoms with van der Waals surface area (Å²) in [4.78, 5) is 12.6. The molecule has 0 aromatic carbocycles.